The van der Waals surface area contributed by atoms with Crippen molar-refractivity contribution in [3.05, 3.63) is 63.8 Å². The number of aromatic nitrogens is 2. The summed E-state index contributed by atoms with van der Waals surface area (Å²) in [6.45, 7) is 3.64. The molecular weight excluding hydrogens is 498 g/mol. The Morgan fingerprint density at radius 1 is 1.06 bits per heavy atom. The number of amides is 2. The third-order valence-corrected chi connectivity index (χ3v) is 7.74. The molecule has 1 atom stereocenters. The van der Waals surface area contributed by atoms with Crippen molar-refractivity contribution in [2.45, 2.75) is 18.9 Å². The standard InChI is InChI=1S/C26H28ClN5O3S/c27-21-7-2-1-6-20(21)22-9-10-24(29-28-22)30-11-13-31(14-12-30)25(33)18-32(17-19-5-3-15-35-19)26(34)23-8-4-16-36-23/h1-2,4,6-10,16,19H,3,5,11-15,17-18H2. The summed E-state index contributed by atoms with van der Waals surface area (Å²) in [6, 6.07) is 15.1. The van der Waals surface area contributed by atoms with Gasteiger partial charge in [0.25, 0.3) is 5.91 Å². The van der Waals surface area contributed by atoms with Crippen LogP contribution in [0.3, 0.4) is 0 Å². The number of rotatable bonds is 7. The molecule has 4 heterocycles. The summed E-state index contributed by atoms with van der Waals surface area (Å²) in [4.78, 5) is 32.5. The van der Waals surface area contributed by atoms with Gasteiger partial charge in [-0.1, -0.05) is 35.9 Å². The molecule has 0 bridgehead atoms. The van der Waals surface area contributed by atoms with Crippen molar-refractivity contribution in [1.29, 1.82) is 0 Å². The lowest BCUT2D eigenvalue weighted by Crippen LogP contribution is -2.52. The summed E-state index contributed by atoms with van der Waals surface area (Å²) in [5.74, 6) is 0.616. The molecule has 1 unspecified atom stereocenters. The second kappa shape index (κ2) is 11.4. The predicted octanol–water partition coefficient (Wildman–Crippen LogP) is 3.83. The monoisotopic (exact) mass is 525 g/mol. The molecule has 5 rings (SSSR count). The quantitative estimate of drug-likeness (QED) is 0.466. The number of ether oxygens (including phenoxy) is 1. The first-order valence-corrected chi connectivity index (χ1v) is 13.4. The Morgan fingerprint density at radius 3 is 2.56 bits per heavy atom. The molecule has 0 N–H and O–H groups in total. The van der Waals surface area contributed by atoms with Gasteiger partial charge in [0.2, 0.25) is 5.91 Å². The Morgan fingerprint density at radius 2 is 1.89 bits per heavy atom. The number of carbonyl (C=O) groups excluding carboxylic acids is 2. The number of piperazine rings is 1. The SMILES string of the molecule is O=C(CN(CC1CCCO1)C(=O)c1cccs1)N1CCN(c2ccc(-c3ccccc3Cl)nn2)CC1. The van der Waals surface area contributed by atoms with Crippen LogP contribution in [0.1, 0.15) is 22.5 Å². The highest BCUT2D eigenvalue weighted by Crippen LogP contribution is 2.26. The van der Waals surface area contributed by atoms with Gasteiger partial charge in [0.15, 0.2) is 5.82 Å². The van der Waals surface area contributed by atoms with Gasteiger partial charge < -0.3 is 19.4 Å². The van der Waals surface area contributed by atoms with E-state index in [-0.39, 0.29) is 24.5 Å². The van der Waals surface area contributed by atoms with E-state index >= 15 is 0 Å². The number of halogens is 1. The minimum absolute atomic E-state index is 0.00845. The molecule has 2 aromatic heterocycles. The van der Waals surface area contributed by atoms with Crippen LogP contribution in [-0.4, -0.2) is 83.8 Å². The normalized spacial score (nSPS) is 17.9. The van der Waals surface area contributed by atoms with Gasteiger partial charge in [-0.3, -0.25) is 9.59 Å². The first-order valence-electron chi connectivity index (χ1n) is 12.1. The van der Waals surface area contributed by atoms with Crippen LogP contribution in [0.2, 0.25) is 5.02 Å². The number of hydrogen-bond acceptors (Lipinski definition) is 7. The van der Waals surface area contributed by atoms with Crippen molar-refractivity contribution in [3.8, 4) is 11.3 Å². The molecule has 0 saturated carbocycles. The van der Waals surface area contributed by atoms with Gasteiger partial charge >= 0.3 is 0 Å². The molecule has 2 fully saturated rings. The maximum absolute atomic E-state index is 13.2. The lowest BCUT2D eigenvalue weighted by molar-refractivity contribution is -0.132. The van der Waals surface area contributed by atoms with Crippen LogP contribution >= 0.6 is 22.9 Å². The molecule has 2 amide bonds. The molecule has 188 valence electrons. The maximum Gasteiger partial charge on any atom is 0.264 e. The molecule has 0 radical (unpaired) electrons. The van der Waals surface area contributed by atoms with Gasteiger partial charge in [0, 0.05) is 44.9 Å². The first-order chi connectivity index (χ1) is 17.6. The smallest absolute Gasteiger partial charge is 0.264 e. The van der Waals surface area contributed by atoms with Gasteiger partial charge in [0.05, 0.1) is 21.7 Å². The zero-order chi connectivity index (χ0) is 24.9. The zero-order valence-electron chi connectivity index (χ0n) is 19.9. The van der Waals surface area contributed by atoms with Crippen LogP contribution in [0.15, 0.2) is 53.9 Å². The van der Waals surface area contributed by atoms with Crippen molar-refractivity contribution in [1.82, 2.24) is 20.0 Å². The second-order valence-electron chi connectivity index (χ2n) is 8.92. The molecule has 1 aromatic carbocycles. The fraction of sp³-hybridized carbons (Fsp3) is 0.385. The predicted molar refractivity (Wildman–Crippen MR) is 140 cm³/mol. The molecule has 8 nitrogen and oxygen atoms in total. The largest absolute Gasteiger partial charge is 0.376 e. The minimum atomic E-state index is -0.110. The highest BCUT2D eigenvalue weighted by molar-refractivity contribution is 7.12. The average Bonchev–Trinajstić information content (AvgIpc) is 3.63. The third-order valence-electron chi connectivity index (χ3n) is 6.55. The van der Waals surface area contributed by atoms with E-state index in [0.29, 0.717) is 49.2 Å². The van der Waals surface area contributed by atoms with E-state index in [1.165, 1.54) is 11.3 Å². The third kappa shape index (κ3) is 5.69. The lowest BCUT2D eigenvalue weighted by Gasteiger charge is -2.36. The van der Waals surface area contributed by atoms with Crippen LogP contribution in [-0.2, 0) is 9.53 Å². The summed E-state index contributed by atoms with van der Waals surface area (Å²) < 4.78 is 5.74. The van der Waals surface area contributed by atoms with Gasteiger partial charge in [-0.05, 0) is 42.5 Å². The Hall–Kier alpha value is -3.01. The van der Waals surface area contributed by atoms with Crippen LogP contribution < -0.4 is 4.90 Å². The molecular formula is C26H28ClN5O3S. The Kier molecular flexibility index (Phi) is 7.79. The van der Waals surface area contributed by atoms with Gasteiger partial charge in [-0.25, -0.2) is 0 Å². The van der Waals surface area contributed by atoms with Crippen molar-refractivity contribution < 1.29 is 14.3 Å². The van der Waals surface area contributed by atoms with E-state index in [0.717, 1.165) is 29.9 Å². The average molecular weight is 526 g/mol. The number of anilines is 1. The molecule has 2 aliphatic rings. The molecule has 36 heavy (non-hydrogen) atoms. The van der Waals surface area contributed by atoms with Crippen LogP contribution in [0.25, 0.3) is 11.3 Å². The van der Waals surface area contributed by atoms with E-state index in [1.807, 2.05) is 52.7 Å². The van der Waals surface area contributed by atoms with Crippen molar-refractivity contribution in [2.75, 3.05) is 50.8 Å². The number of thiophene rings is 1. The zero-order valence-corrected chi connectivity index (χ0v) is 21.5. The summed E-state index contributed by atoms with van der Waals surface area (Å²) in [5, 5.41) is 11.3. The summed E-state index contributed by atoms with van der Waals surface area (Å²) in [7, 11) is 0. The number of hydrogen-bond donors (Lipinski definition) is 0. The van der Waals surface area contributed by atoms with Crippen molar-refractivity contribution in [3.63, 3.8) is 0 Å². The van der Waals surface area contributed by atoms with Crippen molar-refractivity contribution in [2.24, 2.45) is 0 Å². The highest BCUT2D eigenvalue weighted by atomic mass is 35.5. The summed E-state index contributed by atoms with van der Waals surface area (Å²) in [5.41, 5.74) is 1.57. The molecule has 0 aliphatic carbocycles. The van der Waals surface area contributed by atoms with E-state index < -0.39 is 0 Å². The molecule has 3 aromatic rings. The number of benzene rings is 1. The maximum atomic E-state index is 13.2. The number of carbonyl (C=O) groups is 2. The minimum Gasteiger partial charge on any atom is -0.376 e. The second-order valence-corrected chi connectivity index (χ2v) is 10.3. The fourth-order valence-corrected chi connectivity index (χ4v) is 5.49. The van der Waals surface area contributed by atoms with E-state index in [9.17, 15) is 9.59 Å². The van der Waals surface area contributed by atoms with Gasteiger partial charge in [0.1, 0.15) is 6.54 Å². The van der Waals surface area contributed by atoms with Gasteiger partial charge in [-0.2, -0.15) is 0 Å². The Labute approximate surface area is 219 Å². The Bertz CT molecular complexity index is 1180. The number of nitrogens with zero attached hydrogens (tertiary/aromatic N) is 5. The van der Waals surface area contributed by atoms with Crippen LogP contribution in [0, 0.1) is 0 Å². The Balaban J connectivity index is 1.18. The molecule has 2 saturated heterocycles. The van der Waals surface area contributed by atoms with Crippen LogP contribution in [0.5, 0.6) is 0 Å². The van der Waals surface area contributed by atoms with Gasteiger partial charge in [-0.15, -0.1) is 21.5 Å². The fourth-order valence-electron chi connectivity index (χ4n) is 4.56. The topological polar surface area (TPSA) is 78.9 Å². The molecule has 10 heteroatoms. The lowest BCUT2D eigenvalue weighted by atomic mass is 10.1. The molecule has 0 spiro atoms. The van der Waals surface area contributed by atoms with E-state index in [1.54, 1.807) is 11.0 Å². The van der Waals surface area contributed by atoms with Crippen LogP contribution in [0.4, 0.5) is 5.82 Å². The summed E-state index contributed by atoms with van der Waals surface area (Å²) in [6.07, 6.45) is 1.90. The highest BCUT2D eigenvalue weighted by Gasteiger charge is 2.29. The molecule has 2 aliphatic heterocycles. The van der Waals surface area contributed by atoms with E-state index in [4.69, 9.17) is 16.3 Å². The van der Waals surface area contributed by atoms with E-state index in [2.05, 4.69) is 15.1 Å². The van der Waals surface area contributed by atoms with Crippen molar-refractivity contribution >= 4 is 40.6 Å². The summed E-state index contributed by atoms with van der Waals surface area (Å²) >= 11 is 7.67. The first kappa shape index (κ1) is 24.7.